The molecule has 1 unspecified atom stereocenters. The van der Waals surface area contributed by atoms with Gasteiger partial charge in [-0.25, -0.2) is 4.57 Å². The van der Waals surface area contributed by atoms with Gasteiger partial charge in [-0.2, -0.15) is 0 Å². The van der Waals surface area contributed by atoms with Crippen molar-refractivity contribution in [3.05, 3.63) is 10.8 Å². The Morgan fingerprint density at radius 1 is 1.50 bits per heavy atom. The molecule has 0 amide bonds. The van der Waals surface area contributed by atoms with Crippen LogP contribution in [0, 0.1) is 0 Å². The van der Waals surface area contributed by atoms with Crippen LogP contribution in [-0.2, 0) is 18.1 Å². The fraction of sp³-hybridized carbons (Fsp3) is 0.667. The zero-order chi connectivity index (χ0) is 11.0. The standard InChI is InChI=1S/C6H10Cl3O4P/c1-11-14(10,12-4-2-3-7)13-5-6(8)9/h5H,2-4H2,1H3. The Bertz CT molecular complexity index is 229. The molecule has 0 radical (unpaired) electrons. The van der Waals surface area contributed by atoms with Crippen molar-refractivity contribution in [2.24, 2.45) is 0 Å². The van der Waals surface area contributed by atoms with Crippen LogP contribution in [0.25, 0.3) is 0 Å². The van der Waals surface area contributed by atoms with Crippen LogP contribution < -0.4 is 0 Å². The summed E-state index contributed by atoms with van der Waals surface area (Å²) in [7, 11) is -2.40. The van der Waals surface area contributed by atoms with Crippen LogP contribution in [-0.4, -0.2) is 19.6 Å². The van der Waals surface area contributed by atoms with Gasteiger partial charge in [-0.15, -0.1) is 11.6 Å². The van der Waals surface area contributed by atoms with E-state index in [1.54, 1.807) is 0 Å². The topological polar surface area (TPSA) is 44.8 Å². The van der Waals surface area contributed by atoms with E-state index < -0.39 is 7.82 Å². The summed E-state index contributed by atoms with van der Waals surface area (Å²) < 4.78 is 25.3. The molecular weight excluding hydrogens is 273 g/mol. The largest absolute Gasteiger partial charge is 0.529 e. The van der Waals surface area contributed by atoms with E-state index in [-0.39, 0.29) is 11.1 Å². The van der Waals surface area contributed by atoms with E-state index in [0.29, 0.717) is 12.3 Å². The fourth-order valence-corrected chi connectivity index (χ4v) is 1.62. The van der Waals surface area contributed by atoms with E-state index in [9.17, 15) is 4.57 Å². The SMILES string of the molecule is COP(=O)(OC=C(Cl)Cl)OCCCCl. The lowest BCUT2D eigenvalue weighted by molar-refractivity contribution is 0.165. The van der Waals surface area contributed by atoms with Crippen molar-refractivity contribution in [3.63, 3.8) is 0 Å². The van der Waals surface area contributed by atoms with Gasteiger partial charge in [0.1, 0.15) is 10.8 Å². The van der Waals surface area contributed by atoms with Crippen molar-refractivity contribution in [2.45, 2.75) is 6.42 Å². The Morgan fingerprint density at radius 3 is 2.57 bits per heavy atom. The summed E-state index contributed by atoms with van der Waals surface area (Å²) in [5, 5.41) is 0. The molecule has 0 saturated carbocycles. The van der Waals surface area contributed by atoms with E-state index in [1.807, 2.05) is 0 Å². The van der Waals surface area contributed by atoms with Gasteiger partial charge in [0.25, 0.3) is 0 Å². The molecule has 0 aromatic carbocycles. The van der Waals surface area contributed by atoms with E-state index in [0.717, 1.165) is 6.26 Å². The highest BCUT2D eigenvalue weighted by Crippen LogP contribution is 2.49. The van der Waals surface area contributed by atoms with Gasteiger partial charge in [0.05, 0.1) is 6.61 Å². The van der Waals surface area contributed by atoms with Crippen molar-refractivity contribution in [1.29, 1.82) is 0 Å². The number of hydrogen-bond donors (Lipinski definition) is 0. The molecule has 0 aromatic rings. The molecule has 0 aliphatic heterocycles. The summed E-state index contributed by atoms with van der Waals surface area (Å²) in [4.78, 5) is 0. The van der Waals surface area contributed by atoms with E-state index >= 15 is 0 Å². The molecule has 0 rings (SSSR count). The lowest BCUT2D eigenvalue weighted by atomic mass is 10.5. The predicted octanol–water partition coefficient (Wildman–Crippen LogP) is 3.68. The Kier molecular flexibility index (Phi) is 8.11. The summed E-state index contributed by atoms with van der Waals surface area (Å²) in [6, 6.07) is 0. The molecule has 0 heterocycles. The summed E-state index contributed by atoms with van der Waals surface area (Å²) in [5.41, 5.74) is 0. The van der Waals surface area contributed by atoms with Gasteiger partial charge >= 0.3 is 7.82 Å². The lowest BCUT2D eigenvalue weighted by Gasteiger charge is -2.13. The summed E-state index contributed by atoms with van der Waals surface area (Å²) in [6.07, 6.45) is 1.42. The van der Waals surface area contributed by atoms with E-state index in [1.165, 1.54) is 7.11 Å². The maximum Gasteiger partial charge on any atom is 0.529 e. The quantitative estimate of drug-likeness (QED) is 0.309. The van der Waals surface area contributed by atoms with E-state index in [2.05, 4.69) is 9.05 Å². The highest BCUT2D eigenvalue weighted by Gasteiger charge is 2.24. The summed E-state index contributed by atoms with van der Waals surface area (Å²) in [6.45, 7) is 0.169. The molecule has 8 heteroatoms. The second kappa shape index (κ2) is 7.80. The third-order valence-electron chi connectivity index (χ3n) is 1.02. The smallest absolute Gasteiger partial charge is 0.409 e. The zero-order valence-corrected chi connectivity index (χ0v) is 10.6. The molecule has 0 bridgehead atoms. The minimum atomic E-state index is -3.59. The predicted molar refractivity (Wildman–Crippen MR) is 56.8 cm³/mol. The van der Waals surface area contributed by atoms with Gasteiger partial charge in [-0.3, -0.25) is 9.05 Å². The molecule has 4 nitrogen and oxygen atoms in total. The zero-order valence-electron chi connectivity index (χ0n) is 7.41. The highest BCUT2D eigenvalue weighted by atomic mass is 35.5. The molecular formula is C6H10Cl3O4P. The van der Waals surface area contributed by atoms with Crippen molar-refractivity contribution in [2.75, 3.05) is 19.6 Å². The molecule has 1 atom stereocenters. The Hall–Kier alpha value is 0.560. The minimum absolute atomic E-state index is 0.169. The second-order valence-electron chi connectivity index (χ2n) is 2.02. The molecule has 0 spiro atoms. The Labute approximate surface area is 97.7 Å². The fourth-order valence-electron chi connectivity index (χ4n) is 0.461. The number of phosphoric acid groups is 1. The van der Waals surface area contributed by atoms with Gasteiger partial charge in [-0.1, -0.05) is 23.2 Å². The van der Waals surface area contributed by atoms with Crippen LogP contribution in [0.15, 0.2) is 10.8 Å². The van der Waals surface area contributed by atoms with Crippen LogP contribution in [0.4, 0.5) is 0 Å². The Morgan fingerprint density at radius 2 is 2.14 bits per heavy atom. The molecule has 0 aliphatic rings. The van der Waals surface area contributed by atoms with Crippen LogP contribution in [0.5, 0.6) is 0 Å². The van der Waals surface area contributed by atoms with Gasteiger partial charge in [-0.05, 0) is 6.42 Å². The Balaban J connectivity index is 4.05. The van der Waals surface area contributed by atoms with Crippen molar-refractivity contribution < 1.29 is 18.1 Å². The average Bonchev–Trinajstić information content (AvgIpc) is 2.15. The first-order chi connectivity index (χ1) is 6.54. The number of halogens is 3. The van der Waals surface area contributed by atoms with Gasteiger partial charge in [0.2, 0.25) is 0 Å². The maximum atomic E-state index is 11.5. The van der Waals surface area contributed by atoms with Crippen LogP contribution >= 0.6 is 42.6 Å². The molecule has 0 aliphatic carbocycles. The normalized spacial score (nSPS) is 14.6. The number of rotatable bonds is 7. The molecule has 84 valence electrons. The van der Waals surface area contributed by atoms with Crippen molar-refractivity contribution >= 4 is 42.6 Å². The summed E-state index contributed by atoms with van der Waals surface area (Å²) >= 11 is 15.9. The first-order valence-corrected chi connectivity index (χ1v) is 6.35. The minimum Gasteiger partial charge on any atom is -0.409 e. The molecule has 0 saturated heterocycles. The first kappa shape index (κ1) is 14.6. The monoisotopic (exact) mass is 282 g/mol. The average molecular weight is 283 g/mol. The van der Waals surface area contributed by atoms with Gasteiger partial charge < -0.3 is 4.52 Å². The molecule has 0 aromatic heterocycles. The molecule has 14 heavy (non-hydrogen) atoms. The highest BCUT2D eigenvalue weighted by molar-refractivity contribution is 7.48. The first-order valence-electron chi connectivity index (χ1n) is 3.60. The second-order valence-corrected chi connectivity index (χ2v) is 5.13. The number of alkyl halides is 1. The lowest BCUT2D eigenvalue weighted by Crippen LogP contribution is -1.97. The van der Waals surface area contributed by atoms with Crippen molar-refractivity contribution in [1.82, 2.24) is 0 Å². The van der Waals surface area contributed by atoms with Crippen LogP contribution in [0.1, 0.15) is 6.42 Å². The van der Waals surface area contributed by atoms with Crippen LogP contribution in [0.3, 0.4) is 0 Å². The van der Waals surface area contributed by atoms with Gasteiger partial charge in [0, 0.05) is 13.0 Å². The third-order valence-corrected chi connectivity index (χ3v) is 2.78. The summed E-state index contributed by atoms with van der Waals surface area (Å²) in [5.74, 6) is 0.399. The van der Waals surface area contributed by atoms with Gasteiger partial charge in [0.15, 0.2) is 0 Å². The van der Waals surface area contributed by atoms with Crippen LogP contribution in [0.2, 0.25) is 0 Å². The van der Waals surface area contributed by atoms with E-state index in [4.69, 9.17) is 39.3 Å². The third kappa shape index (κ3) is 6.93. The number of hydrogen-bond acceptors (Lipinski definition) is 4. The maximum absolute atomic E-state index is 11.5. The van der Waals surface area contributed by atoms with Crippen molar-refractivity contribution in [3.8, 4) is 0 Å². The molecule has 0 fully saturated rings. The number of phosphoric ester groups is 1. The molecule has 0 N–H and O–H groups in total.